The SMILES string of the molecule is CCN1CCC(c2cc(F)c(-c3cnc(N)nc3Nc3cc(C)[nH]n3)cc2C)CC1. The highest BCUT2D eigenvalue weighted by atomic mass is 19.1. The average Bonchev–Trinajstić information content (AvgIpc) is 3.14. The largest absolute Gasteiger partial charge is 0.368 e. The molecule has 2 aromatic heterocycles. The molecule has 3 heterocycles. The molecule has 4 N–H and O–H groups in total. The number of aromatic amines is 1. The fourth-order valence-corrected chi connectivity index (χ4v) is 4.19. The number of nitrogens with two attached hydrogens (primary N) is 1. The van der Waals surface area contributed by atoms with E-state index in [4.69, 9.17) is 5.73 Å². The minimum atomic E-state index is -0.275. The zero-order chi connectivity index (χ0) is 21.3. The Morgan fingerprint density at radius 3 is 2.63 bits per heavy atom. The van der Waals surface area contributed by atoms with Crippen LogP contribution in [0.3, 0.4) is 0 Å². The highest BCUT2D eigenvalue weighted by Crippen LogP contribution is 2.36. The maximum Gasteiger partial charge on any atom is 0.221 e. The number of likely N-dealkylation sites (tertiary alicyclic amines) is 1. The Morgan fingerprint density at radius 2 is 1.97 bits per heavy atom. The molecule has 0 aliphatic carbocycles. The van der Waals surface area contributed by atoms with Gasteiger partial charge in [-0.15, -0.1) is 0 Å². The molecule has 1 aromatic carbocycles. The molecule has 30 heavy (non-hydrogen) atoms. The highest BCUT2D eigenvalue weighted by molar-refractivity contribution is 5.78. The predicted molar refractivity (Wildman–Crippen MR) is 117 cm³/mol. The van der Waals surface area contributed by atoms with Gasteiger partial charge in [-0.1, -0.05) is 6.92 Å². The smallest absolute Gasteiger partial charge is 0.221 e. The van der Waals surface area contributed by atoms with Crippen LogP contribution in [0.15, 0.2) is 24.4 Å². The number of piperidine rings is 1. The minimum Gasteiger partial charge on any atom is -0.368 e. The average molecular weight is 410 g/mol. The van der Waals surface area contributed by atoms with Gasteiger partial charge in [0.15, 0.2) is 5.82 Å². The summed E-state index contributed by atoms with van der Waals surface area (Å²) in [6, 6.07) is 5.43. The van der Waals surface area contributed by atoms with Gasteiger partial charge in [-0.2, -0.15) is 10.1 Å². The summed E-state index contributed by atoms with van der Waals surface area (Å²) in [6.07, 6.45) is 3.68. The molecule has 0 bridgehead atoms. The number of nitrogens with one attached hydrogen (secondary N) is 2. The van der Waals surface area contributed by atoms with Crippen LogP contribution >= 0.6 is 0 Å². The summed E-state index contributed by atoms with van der Waals surface area (Å²) in [5.74, 6) is 1.25. The lowest BCUT2D eigenvalue weighted by Crippen LogP contribution is -2.32. The highest BCUT2D eigenvalue weighted by Gasteiger charge is 2.23. The molecule has 0 radical (unpaired) electrons. The van der Waals surface area contributed by atoms with E-state index in [9.17, 15) is 0 Å². The zero-order valence-corrected chi connectivity index (χ0v) is 17.7. The predicted octanol–water partition coefficient (Wildman–Crippen LogP) is 4.15. The number of nitrogen functional groups attached to an aromatic ring is 1. The molecule has 7 nitrogen and oxygen atoms in total. The molecule has 4 rings (SSSR count). The summed E-state index contributed by atoms with van der Waals surface area (Å²) in [6.45, 7) is 9.33. The van der Waals surface area contributed by atoms with Gasteiger partial charge in [0.1, 0.15) is 11.6 Å². The van der Waals surface area contributed by atoms with Gasteiger partial charge in [-0.05, 0) is 75.5 Å². The molecule has 1 aliphatic rings. The third kappa shape index (κ3) is 4.14. The van der Waals surface area contributed by atoms with E-state index in [0.717, 1.165) is 49.3 Å². The lowest BCUT2D eigenvalue weighted by molar-refractivity contribution is 0.222. The van der Waals surface area contributed by atoms with Gasteiger partial charge >= 0.3 is 0 Å². The van der Waals surface area contributed by atoms with E-state index in [2.05, 4.69) is 37.3 Å². The van der Waals surface area contributed by atoms with Crippen LogP contribution in [0.2, 0.25) is 0 Å². The topological polar surface area (TPSA) is 95.8 Å². The second-order valence-corrected chi connectivity index (χ2v) is 7.95. The molecule has 158 valence electrons. The van der Waals surface area contributed by atoms with Crippen molar-refractivity contribution in [3.63, 3.8) is 0 Å². The van der Waals surface area contributed by atoms with Gasteiger partial charge in [0, 0.05) is 29.1 Å². The third-order valence-corrected chi connectivity index (χ3v) is 5.88. The molecule has 0 spiro atoms. The maximum atomic E-state index is 15.3. The fourth-order valence-electron chi connectivity index (χ4n) is 4.19. The fraction of sp³-hybridized carbons (Fsp3) is 0.409. The number of hydrogen-bond acceptors (Lipinski definition) is 6. The maximum absolute atomic E-state index is 15.3. The van der Waals surface area contributed by atoms with Crippen LogP contribution in [0.25, 0.3) is 11.1 Å². The van der Waals surface area contributed by atoms with E-state index >= 15 is 4.39 Å². The van der Waals surface area contributed by atoms with Crippen molar-refractivity contribution < 1.29 is 4.39 Å². The Bertz CT molecular complexity index is 1040. The minimum absolute atomic E-state index is 0.116. The van der Waals surface area contributed by atoms with Gasteiger partial charge in [0.25, 0.3) is 0 Å². The first-order valence-electron chi connectivity index (χ1n) is 10.4. The summed E-state index contributed by atoms with van der Waals surface area (Å²) in [7, 11) is 0. The third-order valence-electron chi connectivity index (χ3n) is 5.88. The molecule has 1 saturated heterocycles. The Labute approximate surface area is 175 Å². The molecule has 8 heteroatoms. The van der Waals surface area contributed by atoms with Crippen LogP contribution in [0.5, 0.6) is 0 Å². The van der Waals surface area contributed by atoms with Crippen molar-refractivity contribution >= 4 is 17.6 Å². The molecular formula is C22H28FN7. The normalized spacial score (nSPS) is 15.5. The first-order chi connectivity index (χ1) is 14.4. The second-order valence-electron chi connectivity index (χ2n) is 7.95. The molecular weight excluding hydrogens is 381 g/mol. The van der Waals surface area contributed by atoms with Crippen LogP contribution in [0.4, 0.5) is 22.0 Å². The lowest BCUT2D eigenvalue weighted by atomic mass is 9.85. The van der Waals surface area contributed by atoms with Crippen LogP contribution in [-0.2, 0) is 0 Å². The van der Waals surface area contributed by atoms with Crippen LogP contribution in [0, 0.1) is 19.7 Å². The molecule has 0 unspecified atom stereocenters. The molecule has 1 fully saturated rings. The van der Waals surface area contributed by atoms with Crippen molar-refractivity contribution in [2.24, 2.45) is 0 Å². The number of benzene rings is 1. The number of rotatable bonds is 5. The van der Waals surface area contributed by atoms with E-state index in [1.165, 1.54) is 0 Å². The number of H-pyrrole nitrogens is 1. The van der Waals surface area contributed by atoms with E-state index in [0.29, 0.717) is 28.7 Å². The molecule has 0 atom stereocenters. The summed E-state index contributed by atoms with van der Waals surface area (Å²) in [5.41, 5.74) is 9.88. The van der Waals surface area contributed by atoms with Crippen molar-refractivity contribution in [1.29, 1.82) is 0 Å². The summed E-state index contributed by atoms with van der Waals surface area (Å²) in [4.78, 5) is 10.8. The molecule has 1 aliphatic heterocycles. The second kappa shape index (κ2) is 8.39. The van der Waals surface area contributed by atoms with Crippen LogP contribution in [0.1, 0.15) is 42.5 Å². The van der Waals surface area contributed by atoms with Gasteiger partial charge in [-0.25, -0.2) is 9.37 Å². The number of nitrogens with zero attached hydrogens (tertiary/aromatic N) is 4. The summed E-state index contributed by atoms with van der Waals surface area (Å²) >= 11 is 0. The van der Waals surface area contributed by atoms with Crippen LogP contribution in [-0.4, -0.2) is 44.7 Å². The number of aromatic nitrogens is 4. The van der Waals surface area contributed by atoms with E-state index in [1.54, 1.807) is 12.3 Å². The van der Waals surface area contributed by atoms with Gasteiger partial charge < -0.3 is 16.0 Å². The van der Waals surface area contributed by atoms with E-state index < -0.39 is 0 Å². The standard InChI is InChI=1S/C22H28FN7/c1-4-30-7-5-15(6-8-30)16-11-19(23)17(9-13(16)2)18-12-25-22(24)27-21(18)26-20-10-14(3)28-29-20/h9-12,15H,4-8H2,1-3H3,(H4,24,25,26,27,28,29). The van der Waals surface area contributed by atoms with Gasteiger partial charge in [-0.3, -0.25) is 5.10 Å². The summed E-state index contributed by atoms with van der Waals surface area (Å²) in [5, 5.41) is 10.2. The van der Waals surface area contributed by atoms with Crippen molar-refractivity contribution in [3.05, 3.63) is 47.0 Å². The Hall–Kier alpha value is -3.00. The Balaban J connectivity index is 1.67. The first-order valence-corrected chi connectivity index (χ1v) is 10.4. The number of halogens is 1. The number of anilines is 3. The van der Waals surface area contributed by atoms with Crippen molar-refractivity contribution in [2.75, 3.05) is 30.7 Å². The summed E-state index contributed by atoms with van der Waals surface area (Å²) < 4.78 is 15.3. The van der Waals surface area contributed by atoms with Gasteiger partial charge in [0.2, 0.25) is 5.95 Å². The quantitative estimate of drug-likeness (QED) is 0.586. The van der Waals surface area contributed by atoms with Crippen molar-refractivity contribution in [3.8, 4) is 11.1 Å². The Kier molecular flexibility index (Phi) is 5.67. The van der Waals surface area contributed by atoms with E-state index in [1.807, 2.05) is 26.0 Å². The lowest BCUT2D eigenvalue weighted by Gasteiger charge is -2.32. The Morgan fingerprint density at radius 1 is 1.20 bits per heavy atom. The molecule has 3 aromatic rings. The molecule has 0 amide bonds. The monoisotopic (exact) mass is 409 g/mol. The molecule has 0 saturated carbocycles. The number of hydrogen-bond donors (Lipinski definition) is 3. The van der Waals surface area contributed by atoms with Crippen LogP contribution < -0.4 is 11.1 Å². The van der Waals surface area contributed by atoms with Crippen molar-refractivity contribution in [1.82, 2.24) is 25.1 Å². The van der Waals surface area contributed by atoms with E-state index in [-0.39, 0.29) is 11.8 Å². The van der Waals surface area contributed by atoms with Crippen molar-refractivity contribution in [2.45, 2.75) is 39.5 Å². The first kappa shape index (κ1) is 20.3. The zero-order valence-electron chi connectivity index (χ0n) is 17.7. The number of aryl methyl sites for hydroxylation is 2. The van der Waals surface area contributed by atoms with Gasteiger partial charge in [0.05, 0.1) is 0 Å².